The third-order valence-electron chi connectivity index (χ3n) is 5.52. The summed E-state index contributed by atoms with van der Waals surface area (Å²) >= 11 is 0. The number of hydrogen-bond acceptors (Lipinski definition) is 5. The lowest BCUT2D eigenvalue weighted by molar-refractivity contribution is 0.201. The number of piperazine rings is 1. The minimum absolute atomic E-state index is 0.0103. The molecule has 0 unspecified atom stereocenters. The molecule has 1 aromatic heterocycles. The maximum absolute atomic E-state index is 8.94. The lowest BCUT2D eigenvalue weighted by Gasteiger charge is -2.35. The minimum atomic E-state index is 0.0103. The summed E-state index contributed by atoms with van der Waals surface area (Å²) in [7, 11) is 0. The zero-order chi connectivity index (χ0) is 20.8. The Balaban J connectivity index is 1.61. The summed E-state index contributed by atoms with van der Waals surface area (Å²) in [5.74, 6) is 1.83. The maximum atomic E-state index is 8.94. The van der Waals surface area contributed by atoms with E-state index in [1.807, 2.05) is 24.3 Å². The fraction of sp³-hybridized carbons (Fsp3) is 0.320. The number of aliphatic hydroxyl groups is 1. The second-order valence-corrected chi connectivity index (χ2v) is 7.49. The van der Waals surface area contributed by atoms with E-state index in [9.17, 15) is 0 Å². The van der Waals surface area contributed by atoms with Crippen LogP contribution >= 0.6 is 0 Å². The van der Waals surface area contributed by atoms with Crippen molar-refractivity contribution in [2.24, 2.45) is 0 Å². The molecular weight excluding hydrogens is 374 g/mol. The predicted molar refractivity (Wildman–Crippen MR) is 124 cm³/mol. The highest BCUT2D eigenvalue weighted by Gasteiger charge is 2.19. The number of aromatic nitrogens is 1. The van der Waals surface area contributed by atoms with E-state index in [0.29, 0.717) is 6.61 Å². The lowest BCUT2D eigenvalue weighted by Crippen LogP contribution is -2.46. The molecule has 0 spiro atoms. The fourth-order valence-corrected chi connectivity index (χ4v) is 3.86. The second-order valence-electron chi connectivity index (χ2n) is 7.49. The first-order chi connectivity index (χ1) is 14.8. The standard InChI is InChI=1S/C25H29N3O2/c1-2-27-12-14-28(15-13-27)25-24-9-4-3-7-21(24)19-22(26-25)11-10-20-6-5-8-23(18-20)30-17-16-29/h3-11,18-19,29H,2,12-17H2,1H3. The van der Waals surface area contributed by atoms with Crippen molar-refractivity contribution in [3.8, 4) is 5.75 Å². The topological polar surface area (TPSA) is 48.8 Å². The van der Waals surface area contributed by atoms with Crippen LogP contribution in [-0.4, -0.2) is 60.9 Å². The third kappa shape index (κ3) is 4.81. The molecule has 4 rings (SSSR count). The first kappa shape index (κ1) is 20.4. The molecule has 3 aromatic rings. The number of hydrogen-bond donors (Lipinski definition) is 1. The van der Waals surface area contributed by atoms with Crippen LogP contribution in [0.2, 0.25) is 0 Å². The SMILES string of the molecule is CCN1CCN(c2nc(C=Cc3cccc(OCCO)c3)cc3ccccc23)CC1. The number of benzene rings is 2. The smallest absolute Gasteiger partial charge is 0.137 e. The number of ether oxygens (including phenoxy) is 1. The van der Waals surface area contributed by atoms with Crippen LogP contribution in [0.4, 0.5) is 5.82 Å². The zero-order valence-electron chi connectivity index (χ0n) is 17.5. The largest absolute Gasteiger partial charge is 0.491 e. The van der Waals surface area contributed by atoms with E-state index in [-0.39, 0.29) is 6.61 Å². The van der Waals surface area contributed by atoms with Gasteiger partial charge in [0.1, 0.15) is 18.2 Å². The predicted octanol–water partition coefficient (Wildman–Crippen LogP) is 3.92. The molecule has 5 nitrogen and oxygen atoms in total. The van der Waals surface area contributed by atoms with Gasteiger partial charge in [-0.15, -0.1) is 0 Å². The molecule has 0 radical (unpaired) electrons. The molecule has 1 aliphatic rings. The van der Waals surface area contributed by atoms with Gasteiger partial charge in [-0.25, -0.2) is 4.98 Å². The van der Waals surface area contributed by atoms with Gasteiger partial charge >= 0.3 is 0 Å². The van der Waals surface area contributed by atoms with Gasteiger partial charge in [0, 0.05) is 31.6 Å². The van der Waals surface area contributed by atoms with Gasteiger partial charge in [-0.3, -0.25) is 0 Å². The van der Waals surface area contributed by atoms with E-state index in [0.717, 1.165) is 55.5 Å². The number of aliphatic hydroxyl groups excluding tert-OH is 1. The summed E-state index contributed by atoms with van der Waals surface area (Å²) in [6, 6.07) is 18.5. The van der Waals surface area contributed by atoms with Crippen LogP contribution in [0, 0.1) is 0 Å². The highest BCUT2D eigenvalue weighted by molar-refractivity contribution is 5.94. The Morgan fingerprint density at radius 3 is 2.63 bits per heavy atom. The van der Waals surface area contributed by atoms with Crippen molar-refractivity contribution in [1.29, 1.82) is 0 Å². The highest BCUT2D eigenvalue weighted by atomic mass is 16.5. The Labute approximate surface area is 178 Å². The first-order valence-corrected chi connectivity index (χ1v) is 10.7. The van der Waals surface area contributed by atoms with Crippen LogP contribution in [0.1, 0.15) is 18.2 Å². The molecule has 0 bridgehead atoms. The van der Waals surface area contributed by atoms with E-state index >= 15 is 0 Å². The van der Waals surface area contributed by atoms with E-state index in [1.165, 1.54) is 10.8 Å². The van der Waals surface area contributed by atoms with Crippen molar-refractivity contribution in [1.82, 2.24) is 9.88 Å². The van der Waals surface area contributed by atoms with Crippen molar-refractivity contribution in [3.63, 3.8) is 0 Å². The Morgan fingerprint density at radius 2 is 1.83 bits per heavy atom. The van der Waals surface area contributed by atoms with Crippen molar-refractivity contribution in [2.75, 3.05) is 50.8 Å². The second kappa shape index (κ2) is 9.74. The van der Waals surface area contributed by atoms with Gasteiger partial charge < -0.3 is 19.6 Å². The average molecular weight is 404 g/mol. The highest BCUT2D eigenvalue weighted by Crippen LogP contribution is 2.27. The molecule has 0 amide bonds. The van der Waals surface area contributed by atoms with E-state index in [1.54, 1.807) is 0 Å². The summed E-state index contributed by atoms with van der Waals surface area (Å²) in [6.45, 7) is 7.79. The first-order valence-electron chi connectivity index (χ1n) is 10.7. The summed E-state index contributed by atoms with van der Waals surface area (Å²) in [6.07, 6.45) is 4.12. The monoisotopic (exact) mass is 403 g/mol. The molecule has 1 aliphatic heterocycles. The molecule has 0 aliphatic carbocycles. The Hall–Kier alpha value is -2.89. The molecule has 30 heavy (non-hydrogen) atoms. The summed E-state index contributed by atoms with van der Waals surface area (Å²) in [4.78, 5) is 9.91. The van der Waals surface area contributed by atoms with Crippen molar-refractivity contribution in [2.45, 2.75) is 6.92 Å². The van der Waals surface area contributed by atoms with Crippen LogP contribution in [0.3, 0.4) is 0 Å². The Kier molecular flexibility index (Phi) is 6.62. The molecular formula is C25H29N3O2. The van der Waals surface area contributed by atoms with Gasteiger partial charge in [-0.2, -0.15) is 0 Å². The molecule has 0 atom stereocenters. The van der Waals surface area contributed by atoms with Crippen LogP contribution in [0.25, 0.3) is 22.9 Å². The molecule has 0 saturated carbocycles. The van der Waals surface area contributed by atoms with Gasteiger partial charge in [0.25, 0.3) is 0 Å². The zero-order valence-corrected chi connectivity index (χ0v) is 17.5. The molecule has 1 fully saturated rings. The van der Waals surface area contributed by atoms with Gasteiger partial charge in [-0.05, 0) is 41.8 Å². The Bertz CT molecular complexity index is 1010. The number of likely N-dealkylation sites (N-methyl/N-ethyl adjacent to an activating group) is 1. The lowest BCUT2D eigenvalue weighted by atomic mass is 10.1. The molecule has 2 aromatic carbocycles. The molecule has 1 N–H and O–H groups in total. The average Bonchev–Trinajstić information content (AvgIpc) is 2.81. The van der Waals surface area contributed by atoms with Crippen LogP contribution in [0.15, 0.2) is 54.6 Å². The van der Waals surface area contributed by atoms with Crippen molar-refractivity contribution >= 4 is 28.7 Å². The van der Waals surface area contributed by atoms with Gasteiger partial charge in [0.2, 0.25) is 0 Å². The van der Waals surface area contributed by atoms with Gasteiger partial charge in [-0.1, -0.05) is 49.4 Å². The molecule has 2 heterocycles. The molecule has 1 saturated heterocycles. The molecule has 5 heteroatoms. The van der Waals surface area contributed by atoms with Crippen LogP contribution in [0.5, 0.6) is 5.75 Å². The van der Waals surface area contributed by atoms with Gasteiger partial charge in [0.05, 0.1) is 12.3 Å². The van der Waals surface area contributed by atoms with E-state index < -0.39 is 0 Å². The number of rotatable bonds is 7. The number of pyridine rings is 1. The third-order valence-corrected chi connectivity index (χ3v) is 5.52. The van der Waals surface area contributed by atoms with E-state index in [4.69, 9.17) is 14.8 Å². The number of anilines is 1. The maximum Gasteiger partial charge on any atom is 0.137 e. The fourth-order valence-electron chi connectivity index (χ4n) is 3.86. The Morgan fingerprint density at radius 1 is 1.00 bits per heavy atom. The quantitative estimate of drug-likeness (QED) is 0.648. The van der Waals surface area contributed by atoms with Gasteiger partial charge in [0.15, 0.2) is 0 Å². The van der Waals surface area contributed by atoms with E-state index in [2.05, 4.69) is 59.2 Å². The van der Waals surface area contributed by atoms with Crippen LogP contribution < -0.4 is 9.64 Å². The molecule has 156 valence electrons. The summed E-state index contributed by atoms with van der Waals surface area (Å²) < 4.78 is 5.51. The van der Waals surface area contributed by atoms with Crippen LogP contribution in [-0.2, 0) is 0 Å². The van der Waals surface area contributed by atoms with Crippen molar-refractivity contribution in [3.05, 3.63) is 65.9 Å². The normalized spacial score (nSPS) is 15.2. The summed E-state index contributed by atoms with van der Waals surface area (Å²) in [5.41, 5.74) is 1.99. The number of nitrogens with zero attached hydrogens (tertiary/aromatic N) is 3. The summed E-state index contributed by atoms with van der Waals surface area (Å²) in [5, 5.41) is 11.4. The minimum Gasteiger partial charge on any atom is -0.491 e. The van der Waals surface area contributed by atoms with Crippen molar-refractivity contribution < 1.29 is 9.84 Å². The number of fused-ring (bicyclic) bond motifs is 1.